The maximum Gasteiger partial charge on any atom is 0.271 e. The molecule has 3 aromatic carbocycles. The van der Waals surface area contributed by atoms with Crippen LogP contribution in [-0.4, -0.2) is 30.4 Å². The number of nitrogens with one attached hydrogen (secondary N) is 1. The van der Waals surface area contributed by atoms with Crippen molar-refractivity contribution in [1.82, 2.24) is 19.6 Å². The summed E-state index contributed by atoms with van der Waals surface area (Å²) in [5.74, 6) is -0.122. The first-order valence-electron chi connectivity index (χ1n) is 10.9. The number of nitro benzene ring substituents is 1. The lowest BCUT2D eigenvalue weighted by molar-refractivity contribution is -0.384. The number of aromatic nitrogens is 4. The van der Waals surface area contributed by atoms with Crippen molar-refractivity contribution < 1.29 is 9.72 Å². The lowest BCUT2D eigenvalue weighted by Crippen LogP contribution is -2.03. The molecule has 0 unspecified atom stereocenters. The minimum atomic E-state index is -0.438. The topological polar surface area (TPSA) is 108 Å². The first-order chi connectivity index (χ1) is 17.1. The molecule has 9 heteroatoms. The highest BCUT2D eigenvalue weighted by molar-refractivity contribution is 6.35. The van der Waals surface area contributed by atoms with Gasteiger partial charge < -0.3 is 9.88 Å². The molecule has 2 aromatic heterocycles. The van der Waals surface area contributed by atoms with E-state index in [9.17, 15) is 14.9 Å². The molecule has 0 radical (unpaired) electrons. The molecule has 1 aliphatic heterocycles. The Bertz CT molecular complexity index is 1660. The Morgan fingerprint density at radius 1 is 1.00 bits per heavy atom. The summed E-state index contributed by atoms with van der Waals surface area (Å²) in [6.45, 7) is 0.446. The van der Waals surface area contributed by atoms with Crippen LogP contribution in [0.3, 0.4) is 0 Å². The number of nitrogens with zero attached hydrogens (tertiary/aromatic N) is 5. The lowest BCUT2D eigenvalue weighted by atomic mass is 10.0. The van der Waals surface area contributed by atoms with Crippen LogP contribution in [0.5, 0.6) is 0 Å². The number of carbonyl (C=O) groups is 1. The Morgan fingerprint density at radius 3 is 2.71 bits per heavy atom. The molecule has 35 heavy (non-hydrogen) atoms. The zero-order valence-corrected chi connectivity index (χ0v) is 18.3. The van der Waals surface area contributed by atoms with Crippen LogP contribution in [-0.2, 0) is 11.3 Å². The van der Waals surface area contributed by atoms with E-state index in [4.69, 9.17) is 0 Å². The third kappa shape index (κ3) is 3.65. The summed E-state index contributed by atoms with van der Waals surface area (Å²) in [5, 5.41) is 23.4. The number of non-ortho nitro benzene ring substituents is 1. The number of anilines is 1. The van der Waals surface area contributed by atoms with Crippen molar-refractivity contribution in [3.8, 4) is 5.69 Å². The van der Waals surface area contributed by atoms with E-state index < -0.39 is 4.92 Å². The number of nitro groups is 1. The van der Waals surface area contributed by atoms with Crippen LogP contribution in [0.15, 0.2) is 85.2 Å². The van der Waals surface area contributed by atoms with E-state index in [1.165, 1.54) is 16.8 Å². The summed E-state index contributed by atoms with van der Waals surface area (Å²) >= 11 is 0. The Morgan fingerprint density at radius 2 is 1.83 bits per heavy atom. The number of para-hydroxylation sites is 2. The second-order valence-electron chi connectivity index (χ2n) is 8.22. The smallest absolute Gasteiger partial charge is 0.271 e. The molecule has 1 aliphatic rings. The maximum atomic E-state index is 12.6. The van der Waals surface area contributed by atoms with Crippen LogP contribution in [0.25, 0.3) is 28.2 Å². The third-order valence-electron chi connectivity index (χ3n) is 6.01. The Hall–Kier alpha value is -5.05. The van der Waals surface area contributed by atoms with Gasteiger partial charge in [0, 0.05) is 51.6 Å². The summed E-state index contributed by atoms with van der Waals surface area (Å²) in [7, 11) is 0. The van der Waals surface area contributed by atoms with Crippen molar-refractivity contribution in [2.75, 3.05) is 5.32 Å². The van der Waals surface area contributed by atoms with Gasteiger partial charge in [0.05, 0.1) is 23.4 Å². The van der Waals surface area contributed by atoms with E-state index in [-0.39, 0.29) is 11.6 Å². The first kappa shape index (κ1) is 20.5. The number of benzene rings is 3. The first-order valence-corrected chi connectivity index (χ1v) is 10.9. The second-order valence-corrected chi connectivity index (χ2v) is 8.22. The third-order valence-corrected chi connectivity index (χ3v) is 6.01. The van der Waals surface area contributed by atoms with Crippen molar-refractivity contribution in [2.45, 2.75) is 6.54 Å². The highest BCUT2D eigenvalue weighted by atomic mass is 16.6. The molecule has 1 N–H and O–H groups in total. The molecule has 0 fully saturated rings. The van der Waals surface area contributed by atoms with Gasteiger partial charge in [0.1, 0.15) is 5.69 Å². The van der Waals surface area contributed by atoms with Gasteiger partial charge in [0.2, 0.25) is 0 Å². The van der Waals surface area contributed by atoms with Crippen LogP contribution in [0, 0.1) is 10.1 Å². The normalized spacial score (nSPS) is 13.8. The van der Waals surface area contributed by atoms with Gasteiger partial charge in [-0.25, -0.2) is 4.68 Å². The summed E-state index contributed by atoms with van der Waals surface area (Å²) in [4.78, 5) is 23.3. The molecule has 6 rings (SSSR count). The zero-order chi connectivity index (χ0) is 23.9. The molecule has 5 aromatic rings. The van der Waals surface area contributed by atoms with E-state index in [0.717, 1.165) is 27.7 Å². The molecule has 0 bridgehead atoms. The molecular weight excluding hydrogens is 444 g/mol. The minimum Gasteiger partial charge on any atom is -0.341 e. The predicted molar refractivity (Wildman–Crippen MR) is 132 cm³/mol. The second kappa shape index (κ2) is 8.07. The van der Waals surface area contributed by atoms with Crippen molar-refractivity contribution in [1.29, 1.82) is 0 Å². The summed E-state index contributed by atoms with van der Waals surface area (Å²) in [6.07, 6.45) is 5.67. The van der Waals surface area contributed by atoms with Crippen molar-refractivity contribution in [3.63, 3.8) is 0 Å². The lowest BCUT2D eigenvalue weighted by Gasteiger charge is -2.02. The highest BCUT2D eigenvalue weighted by Crippen LogP contribution is 2.34. The quantitative estimate of drug-likeness (QED) is 0.232. The number of fused-ring (bicyclic) bond motifs is 2. The van der Waals surface area contributed by atoms with Gasteiger partial charge in [0.15, 0.2) is 0 Å². The molecular formula is C26H18N6O3. The van der Waals surface area contributed by atoms with E-state index in [1.54, 1.807) is 18.3 Å². The van der Waals surface area contributed by atoms with Gasteiger partial charge in [-0.1, -0.05) is 47.7 Å². The minimum absolute atomic E-state index is 0.00819. The fourth-order valence-corrected chi connectivity index (χ4v) is 4.38. The number of hydrogen-bond donors (Lipinski definition) is 1. The van der Waals surface area contributed by atoms with E-state index >= 15 is 0 Å². The Labute approximate surface area is 199 Å². The van der Waals surface area contributed by atoms with Crippen LogP contribution < -0.4 is 5.32 Å². The van der Waals surface area contributed by atoms with Gasteiger partial charge in [0.25, 0.3) is 11.6 Å². The van der Waals surface area contributed by atoms with Crippen LogP contribution in [0.2, 0.25) is 0 Å². The fraction of sp³-hybridized carbons (Fsp3) is 0.0385. The summed E-state index contributed by atoms with van der Waals surface area (Å²) < 4.78 is 3.58. The molecule has 0 atom stereocenters. The average Bonchev–Trinajstić information content (AvgIpc) is 3.56. The molecule has 0 aliphatic carbocycles. The van der Waals surface area contributed by atoms with E-state index in [1.807, 2.05) is 60.8 Å². The van der Waals surface area contributed by atoms with Crippen molar-refractivity contribution >= 4 is 39.8 Å². The number of carbonyl (C=O) groups excluding carboxylic acids is 1. The molecule has 0 saturated carbocycles. The molecule has 1 amide bonds. The van der Waals surface area contributed by atoms with Gasteiger partial charge in [-0.3, -0.25) is 14.9 Å². The average molecular weight is 462 g/mol. The largest absolute Gasteiger partial charge is 0.341 e. The van der Waals surface area contributed by atoms with Gasteiger partial charge in [-0.15, -0.1) is 5.10 Å². The van der Waals surface area contributed by atoms with Crippen LogP contribution in [0.1, 0.15) is 16.8 Å². The maximum absolute atomic E-state index is 12.6. The SMILES string of the molecule is O=C1Nc2ccccc2C1=Cc1cn(Cc2cn(-c3cccc([N+](=O)[O-])c3)nn2)c2ccccc12. The summed E-state index contributed by atoms with van der Waals surface area (Å²) in [6, 6.07) is 21.9. The Kier molecular flexibility index (Phi) is 4.74. The molecule has 9 nitrogen and oxygen atoms in total. The number of hydrogen-bond acceptors (Lipinski definition) is 5. The monoisotopic (exact) mass is 462 g/mol. The van der Waals surface area contributed by atoms with Crippen LogP contribution in [0.4, 0.5) is 11.4 Å². The molecule has 0 saturated heterocycles. The zero-order valence-electron chi connectivity index (χ0n) is 18.3. The molecule has 3 heterocycles. The van der Waals surface area contributed by atoms with Gasteiger partial charge in [-0.2, -0.15) is 0 Å². The van der Waals surface area contributed by atoms with Crippen LogP contribution >= 0.6 is 0 Å². The number of rotatable bonds is 5. The predicted octanol–water partition coefficient (Wildman–Crippen LogP) is 4.67. The highest BCUT2D eigenvalue weighted by Gasteiger charge is 2.24. The standard InChI is InChI=1S/C26H18N6O3/c33-26-23(22-9-1-3-10-24(22)27-26)12-17-14-30(25-11-4-2-8-21(17)25)15-18-16-31(29-28-18)19-6-5-7-20(13-19)32(34)35/h1-14,16H,15H2,(H,27,33). The van der Waals surface area contributed by atoms with Gasteiger partial charge >= 0.3 is 0 Å². The number of amides is 1. The Balaban J connectivity index is 1.36. The molecule has 170 valence electrons. The van der Waals surface area contributed by atoms with Gasteiger partial charge in [-0.05, 0) is 24.3 Å². The van der Waals surface area contributed by atoms with Crippen molar-refractivity contribution in [3.05, 3.63) is 112 Å². The van der Waals surface area contributed by atoms with E-state index in [2.05, 4.69) is 20.2 Å². The summed E-state index contributed by atoms with van der Waals surface area (Å²) in [5.41, 5.74) is 5.49. The van der Waals surface area contributed by atoms with Crippen molar-refractivity contribution in [2.24, 2.45) is 0 Å². The van der Waals surface area contributed by atoms with E-state index in [0.29, 0.717) is 23.5 Å². The fourth-order valence-electron chi connectivity index (χ4n) is 4.38. The molecule has 0 spiro atoms.